The van der Waals surface area contributed by atoms with Gasteiger partial charge in [-0.25, -0.2) is 9.37 Å². The van der Waals surface area contributed by atoms with Gasteiger partial charge in [-0.15, -0.1) is 0 Å². The second kappa shape index (κ2) is 6.28. The first-order chi connectivity index (χ1) is 12.6. The highest BCUT2D eigenvalue weighted by Crippen LogP contribution is 2.37. The van der Waals surface area contributed by atoms with Crippen molar-refractivity contribution in [2.24, 2.45) is 0 Å². The van der Waals surface area contributed by atoms with Gasteiger partial charge in [0.2, 0.25) is 5.91 Å². The lowest BCUT2D eigenvalue weighted by Gasteiger charge is -2.23. The van der Waals surface area contributed by atoms with Crippen LogP contribution in [-0.4, -0.2) is 15.5 Å². The third-order valence-corrected chi connectivity index (χ3v) is 4.69. The molecule has 5 nitrogen and oxygen atoms in total. The third-order valence-electron chi connectivity index (χ3n) is 4.40. The Morgan fingerprint density at radius 2 is 2.04 bits per heavy atom. The quantitative estimate of drug-likeness (QED) is 0.744. The van der Waals surface area contributed by atoms with Crippen molar-refractivity contribution < 1.29 is 9.18 Å². The predicted octanol–water partition coefficient (Wildman–Crippen LogP) is 4.01. The van der Waals surface area contributed by atoms with Crippen molar-refractivity contribution >= 4 is 23.3 Å². The number of fused-ring (bicyclic) bond motifs is 1. The van der Waals surface area contributed by atoms with E-state index in [0.29, 0.717) is 17.1 Å². The minimum atomic E-state index is -0.510. The van der Waals surface area contributed by atoms with Crippen LogP contribution in [0.4, 0.5) is 10.2 Å². The maximum Gasteiger partial charge on any atom is 0.226 e. The number of benzene rings is 2. The molecule has 1 unspecified atom stereocenters. The van der Waals surface area contributed by atoms with E-state index in [2.05, 4.69) is 16.4 Å². The number of carbonyl (C=O) groups is 1. The number of anilines is 1. The van der Waals surface area contributed by atoms with Crippen LogP contribution in [0.5, 0.6) is 0 Å². The topological polar surface area (TPSA) is 70.7 Å². The van der Waals surface area contributed by atoms with Gasteiger partial charge in [-0.3, -0.25) is 9.36 Å². The first-order valence-corrected chi connectivity index (χ1v) is 8.27. The number of hydrogen-bond acceptors (Lipinski definition) is 3. The maximum atomic E-state index is 13.4. The molecule has 0 spiro atoms. The number of rotatable bonds is 2. The maximum absolute atomic E-state index is 13.4. The van der Waals surface area contributed by atoms with Crippen LogP contribution in [0.25, 0.3) is 5.69 Å². The lowest BCUT2D eigenvalue weighted by atomic mass is 9.89. The molecule has 1 atom stereocenters. The van der Waals surface area contributed by atoms with Crippen molar-refractivity contribution in [3.8, 4) is 11.8 Å². The van der Waals surface area contributed by atoms with Gasteiger partial charge in [-0.2, -0.15) is 5.26 Å². The third kappa shape index (κ3) is 2.72. The highest BCUT2D eigenvalue weighted by Gasteiger charge is 2.31. The summed E-state index contributed by atoms with van der Waals surface area (Å²) in [5.41, 5.74) is 2.78. The van der Waals surface area contributed by atoms with E-state index in [0.717, 1.165) is 11.3 Å². The summed E-state index contributed by atoms with van der Waals surface area (Å²) in [6.07, 6.45) is 1.84. The van der Waals surface area contributed by atoms with Gasteiger partial charge in [-0.05, 0) is 35.9 Å². The summed E-state index contributed by atoms with van der Waals surface area (Å²) in [5, 5.41) is 11.8. The molecular formula is C19H12ClFN4O. The monoisotopic (exact) mass is 366 g/mol. The predicted molar refractivity (Wildman–Crippen MR) is 94.8 cm³/mol. The molecule has 0 bridgehead atoms. The SMILES string of the molecule is N#Cc1ccc(C2CC(=O)Nc3c2ncn3-c2ccc(F)c(Cl)c2)cc1. The zero-order valence-corrected chi connectivity index (χ0v) is 14.2. The molecule has 0 fully saturated rings. The lowest BCUT2D eigenvalue weighted by Crippen LogP contribution is -2.24. The molecular weight excluding hydrogens is 355 g/mol. The molecule has 1 aliphatic heterocycles. The molecule has 1 aromatic heterocycles. The molecule has 2 aromatic carbocycles. The van der Waals surface area contributed by atoms with Crippen LogP contribution in [0.3, 0.4) is 0 Å². The van der Waals surface area contributed by atoms with Crippen LogP contribution < -0.4 is 5.32 Å². The zero-order chi connectivity index (χ0) is 18.3. The van der Waals surface area contributed by atoms with Crippen LogP contribution >= 0.6 is 11.6 Å². The average molecular weight is 367 g/mol. The Kier molecular flexibility index (Phi) is 3.94. The molecule has 1 N–H and O–H groups in total. The number of carbonyl (C=O) groups excluding carboxylic acids is 1. The molecule has 0 saturated carbocycles. The number of imidazole rings is 1. The van der Waals surface area contributed by atoms with Crippen molar-refractivity contribution in [1.82, 2.24) is 9.55 Å². The second-order valence-electron chi connectivity index (χ2n) is 5.99. The van der Waals surface area contributed by atoms with Gasteiger partial charge in [0, 0.05) is 12.3 Å². The van der Waals surface area contributed by atoms with Gasteiger partial charge in [0.05, 0.1) is 28.0 Å². The fourth-order valence-corrected chi connectivity index (χ4v) is 3.28. The largest absolute Gasteiger partial charge is 0.310 e. The Labute approximate surface area is 153 Å². The normalized spacial score (nSPS) is 15.9. The Balaban J connectivity index is 1.79. The highest BCUT2D eigenvalue weighted by molar-refractivity contribution is 6.30. The Morgan fingerprint density at radius 3 is 2.73 bits per heavy atom. The first-order valence-electron chi connectivity index (χ1n) is 7.89. The number of nitrogens with zero attached hydrogens (tertiary/aromatic N) is 3. The van der Waals surface area contributed by atoms with Crippen molar-refractivity contribution in [2.75, 3.05) is 5.32 Å². The van der Waals surface area contributed by atoms with Crippen LogP contribution in [-0.2, 0) is 4.79 Å². The summed E-state index contributed by atoms with van der Waals surface area (Å²) < 4.78 is 15.1. The van der Waals surface area contributed by atoms with Gasteiger partial charge in [-0.1, -0.05) is 23.7 Å². The molecule has 7 heteroatoms. The van der Waals surface area contributed by atoms with Crippen LogP contribution in [0, 0.1) is 17.1 Å². The number of nitriles is 1. The Bertz CT molecular complexity index is 1050. The van der Waals surface area contributed by atoms with Crippen molar-refractivity contribution in [3.05, 3.63) is 76.5 Å². The smallest absolute Gasteiger partial charge is 0.226 e. The van der Waals surface area contributed by atoms with Gasteiger partial charge in [0.25, 0.3) is 0 Å². The summed E-state index contributed by atoms with van der Waals surface area (Å²) in [7, 11) is 0. The van der Waals surface area contributed by atoms with Crippen LogP contribution in [0.2, 0.25) is 5.02 Å². The van der Waals surface area contributed by atoms with E-state index in [4.69, 9.17) is 16.9 Å². The number of aromatic nitrogens is 2. The molecule has 1 amide bonds. The minimum Gasteiger partial charge on any atom is -0.310 e. The number of nitrogens with one attached hydrogen (secondary N) is 1. The molecule has 0 radical (unpaired) electrons. The van der Waals surface area contributed by atoms with Crippen LogP contribution in [0.15, 0.2) is 48.8 Å². The zero-order valence-electron chi connectivity index (χ0n) is 13.4. The summed E-state index contributed by atoms with van der Waals surface area (Å²) in [6, 6.07) is 13.5. The molecule has 1 aliphatic rings. The van der Waals surface area contributed by atoms with E-state index >= 15 is 0 Å². The summed E-state index contributed by atoms with van der Waals surface area (Å²) in [6.45, 7) is 0. The Hall–Kier alpha value is -3.17. The van der Waals surface area contributed by atoms with E-state index in [1.54, 1.807) is 29.1 Å². The molecule has 0 saturated heterocycles. The Morgan fingerprint density at radius 1 is 1.27 bits per heavy atom. The summed E-state index contributed by atoms with van der Waals surface area (Å²) >= 11 is 5.87. The number of hydrogen-bond donors (Lipinski definition) is 1. The van der Waals surface area contributed by atoms with Gasteiger partial charge >= 0.3 is 0 Å². The number of amides is 1. The average Bonchev–Trinajstić information content (AvgIpc) is 3.07. The van der Waals surface area contributed by atoms with Gasteiger partial charge < -0.3 is 5.32 Å². The van der Waals surface area contributed by atoms with Gasteiger partial charge in [0.1, 0.15) is 18.0 Å². The van der Waals surface area contributed by atoms with E-state index in [1.807, 2.05) is 12.1 Å². The van der Waals surface area contributed by atoms with E-state index in [-0.39, 0.29) is 23.3 Å². The van der Waals surface area contributed by atoms with Gasteiger partial charge in [0.15, 0.2) is 0 Å². The second-order valence-corrected chi connectivity index (χ2v) is 6.39. The van der Waals surface area contributed by atoms with E-state index in [1.165, 1.54) is 12.1 Å². The standard InChI is InChI=1S/C19H12ClFN4O/c20-15-7-13(5-6-16(15)21)25-10-23-18-14(8-17(26)24-19(18)25)12-3-1-11(9-22)2-4-12/h1-7,10,14H,8H2,(H,24,26). The summed E-state index contributed by atoms with van der Waals surface area (Å²) in [4.78, 5) is 16.7. The summed E-state index contributed by atoms with van der Waals surface area (Å²) in [5.74, 6) is -0.326. The van der Waals surface area contributed by atoms with Crippen molar-refractivity contribution in [3.63, 3.8) is 0 Å². The fraction of sp³-hybridized carbons (Fsp3) is 0.105. The minimum absolute atomic E-state index is 0.00396. The number of halogens is 2. The lowest BCUT2D eigenvalue weighted by molar-refractivity contribution is -0.116. The van der Waals surface area contributed by atoms with E-state index in [9.17, 15) is 9.18 Å². The molecule has 0 aliphatic carbocycles. The molecule has 4 rings (SSSR count). The molecule has 128 valence electrons. The van der Waals surface area contributed by atoms with Crippen LogP contribution in [0.1, 0.15) is 29.2 Å². The first kappa shape index (κ1) is 16.3. The van der Waals surface area contributed by atoms with Crippen molar-refractivity contribution in [1.29, 1.82) is 5.26 Å². The fourth-order valence-electron chi connectivity index (χ4n) is 3.10. The molecule has 3 aromatic rings. The molecule has 2 heterocycles. The highest BCUT2D eigenvalue weighted by atomic mass is 35.5. The van der Waals surface area contributed by atoms with Crippen molar-refractivity contribution in [2.45, 2.75) is 12.3 Å². The van der Waals surface area contributed by atoms with E-state index < -0.39 is 5.82 Å². The molecule has 26 heavy (non-hydrogen) atoms.